The minimum Gasteiger partial charge on any atom is -0.489 e. The molecule has 0 fully saturated rings. The molecule has 0 aliphatic heterocycles. The van der Waals surface area contributed by atoms with Gasteiger partial charge < -0.3 is 19.5 Å². The van der Waals surface area contributed by atoms with Crippen molar-refractivity contribution in [3.63, 3.8) is 0 Å². The van der Waals surface area contributed by atoms with Crippen LogP contribution in [0.4, 0.5) is 5.00 Å². The van der Waals surface area contributed by atoms with Crippen molar-refractivity contribution >= 4 is 51.9 Å². The molecule has 1 aliphatic carbocycles. The first-order chi connectivity index (χ1) is 22.3. The number of hydrogen-bond donors (Lipinski definition) is 2. The van der Waals surface area contributed by atoms with Crippen molar-refractivity contribution in [1.82, 2.24) is 5.43 Å². The minimum absolute atomic E-state index is 0.262. The molecule has 238 valence electrons. The van der Waals surface area contributed by atoms with Gasteiger partial charge in [0.05, 0.1) is 18.4 Å². The number of carbonyl (C=O) groups is 3. The van der Waals surface area contributed by atoms with Crippen LogP contribution in [0.5, 0.6) is 11.5 Å². The van der Waals surface area contributed by atoms with E-state index in [2.05, 4.69) is 15.8 Å². The number of amides is 2. The van der Waals surface area contributed by atoms with Crippen LogP contribution in [0.25, 0.3) is 0 Å². The van der Waals surface area contributed by atoms with E-state index < -0.39 is 18.0 Å². The normalized spacial score (nSPS) is 13.0. The average Bonchev–Trinajstić information content (AvgIpc) is 3.43. The van der Waals surface area contributed by atoms with E-state index in [9.17, 15) is 14.4 Å². The maximum atomic E-state index is 13.1. The second-order valence-electron chi connectivity index (χ2n) is 10.6. The zero-order valence-corrected chi connectivity index (χ0v) is 27.1. The van der Waals surface area contributed by atoms with Crippen LogP contribution in [0.15, 0.2) is 77.9 Å². The Hall–Kier alpha value is -4.67. The van der Waals surface area contributed by atoms with Gasteiger partial charge in [0.1, 0.15) is 23.1 Å². The van der Waals surface area contributed by atoms with Crippen LogP contribution in [0.2, 0.25) is 5.02 Å². The maximum Gasteiger partial charge on any atom is 0.341 e. The number of halogens is 1. The monoisotopic (exact) mass is 659 g/mol. The molecule has 9 nitrogen and oxygen atoms in total. The molecule has 1 aliphatic rings. The van der Waals surface area contributed by atoms with Gasteiger partial charge in [-0.15, -0.1) is 11.3 Å². The highest BCUT2D eigenvalue weighted by atomic mass is 35.5. The second-order valence-corrected chi connectivity index (χ2v) is 12.1. The van der Waals surface area contributed by atoms with E-state index >= 15 is 0 Å². The average molecular weight is 660 g/mol. The summed E-state index contributed by atoms with van der Waals surface area (Å²) in [4.78, 5) is 39.4. The first-order valence-corrected chi connectivity index (χ1v) is 16.2. The summed E-state index contributed by atoms with van der Waals surface area (Å²) in [5, 5.41) is 8.12. The number of esters is 1. The fraction of sp³-hybridized carbons (Fsp3) is 0.257. The molecule has 0 unspecified atom stereocenters. The summed E-state index contributed by atoms with van der Waals surface area (Å²) in [5.74, 6) is -0.0816. The van der Waals surface area contributed by atoms with Crippen LogP contribution in [-0.2, 0) is 29.0 Å². The molecular weight excluding hydrogens is 626 g/mol. The first kappa shape index (κ1) is 32.7. The lowest BCUT2D eigenvalue weighted by molar-refractivity contribution is -0.127. The number of hydrazone groups is 1. The molecule has 2 N–H and O–H groups in total. The van der Waals surface area contributed by atoms with Gasteiger partial charge in [-0.2, -0.15) is 5.10 Å². The Kier molecular flexibility index (Phi) is 11.1. The molecule has 0 radical (unpaired) electrons. The highest BCUT2D eigenvalue weighted by molar-refractivity contribution is 7.17. The number of thiophene rings is 1. The third-order valence-corrected chi connectivity index (χ3v) is 8.72. The van der Waals surface area contributed by atoms with Gasteiger partial charge in [0.2, 0.25) is 0 Å². The number of rotatable bonds is 12. The molecule has 11 heteroatoms. The van der Waals surface area contributed by atoms with E-state index in [4.69, 9.17) is 25.8 Å². The first-order valence-electron chi connectivity index (χ1n) is 15.0. The molecule has 0 saturated heterocycles. The number of nitrogens with one attached hydrogen (secondary N) is 2. The van der Waals surface area contributed by atoms with Crippen LogP contribution in [0.1, 0.15) is 69.0 Å². The number of carbonyl (C=O) groups excluding carboxylic acids is 3. The second kappa shape index (κ2) is 15.6. The van der Waals surface area contributed by atoms with Gasteiger partial charge in [-0.1, -0.05) is 23.7 Å². The molecule has 0 spiro atoms. The van der Waals surface area contributed by atoms with E-state index in [0.29, 0.717) is 39.3 Å². The van der Waals surface area contributed by atoms with E-state index in [1.54, 1.807) is 38.1 Å². The van der Waals surface area contributed by atoms with Crippen LogP contribution in [0, 0.1) is 0 Å². The summed E-state index contributed by atoms with van der Waals surface area (Å²) in [6.45, 7) is 4.05. The summed E-state index contributed by atoms with van der Waals surface area (Å²) in [6.07, 6.45) is 4.44. The van der Waals surface area contributed by atoms with Gasteiger partial charge in [0, 0.05) is 15.5 Å². The third-order valence-electron chi connectivity index (χ3n) is 7.26. The number of hydrogen-bond acceptors (Lipinski definition) is 8. The SMILES string of the molecule is CCOC(=O)c1c(NC(=O)c2ccc(O[C@H](C)C(=O)N/N=C\c3ccc(OCc4ccc(Cl)cc4)cc3)cc2)sc2c1CCCC2. The van der Waals surface area contributed by atoms with Crippen molar-refractivity contribution in [2.24, 2.45) is 5.10 Å². The number of benzene rings is 3. The quantitative estimate of drug-likeness (QED) is 0.0944. The predicted molar refractivity (Wildman–Crippen MR) is 179 cm³/mol. The van der Waals surface area contributed by atoms with E-state index in [0.717, 1.165) is 47.3 Å². The lowest BCUT2D eigenvalue weighted by atomic mass is 9.95. The molecule has 0 saturated carbocycles. The Morgan fingerprint density at radius 2 is 1.65 bits per heavy atom. The predicted octanol–water partition coefficient (Wildman–Crippen LogP) is 7.21. The number of aryl methyl sites for hydroxylation is 1. The van der Waals surface area contributed by atoms with Crippen LogP contribution in [-0.4, -0.2) is 36.7 Å². The zero-order valence-electron chi connectivity index (χ0n) is 25.5. The molecular formula is C35H34ClN3O6S. The standard InChI is InChI=1S/C35H34ClN3O6S/c1-3-43-35(42)31-29-6-4-5-7-30(29)46-34(31)38-33(41)25-12-18-28(19-13-25)45-22(2)32(40)39-37-20-23-10-16-27(17-11-23)44-21-24-8-14-26(36)15-9-24/h8-20,22H,3-7,21H2,1-2H3,(H,38,41)(H,39,40)/b37-20-/t22-/m1/s1. The fourth-order valence-corrected chi connectivity index (χ4v) is 6.25. The van der Waals surface area contributed by atoms with Crippen LogP contribution in [0.3, 0.4) is 0 Å². The van der Waals surface area contributed by atoms with Gasteiger partial charge in [0.15, 0.2) is 6.10 Å². The Bertz CT molecular complexity index is 1700. The Labute approximate surface area is 276 Å². The highest BCUT2D eigenvalue weighted by Gasteiger charge is 2.27. The van der Waals surface area contributed by atoms with Gasteiger partial charge >= 0.3 is 5.97 Å². The third kappa shape index (κ3) is 8.52. The van der Waals surface area contributed by atoms with Crippen molar-refractivity contribution in [2.45, 2.75) is 52.2 Å². The lowest BCUT2D eigenvalue weighted by Gasteiger charge is -2.13. The zero-order chi connectivity index (χ0) is 32.5. The van der Waals surface area contributed by atoms with Crippen molar-refractivity contribution < 1.29 is 28.6 Å². The highest BCUT2D eigenvalue weighted by Crippen LogP contribution is 2.39. The maximum absolute atomic E-state index is 13.1. The number of anilines is 1. The summed E-state index contributed by atoms with van der Waals surface area (Å²) >= 11 is 7.36. The molecule has 1 atom stereocenters. The summed E-state index contributed by atoms with van der Waals surface area (Å²) in [7, 11) is 0. The largest absolute Gasteiger partial charge is 0.489 e. The number of fused-ring (bicyclic) bond motifs is 1. The Morgan fingerprint density at radius 3 is 2.37 bits per heavy atom. The number of nitrogens with zero attached hydrogens (tertiary/aromatic N) is 1. The summed E-state index contributed by atoms with van der Waals surface area (Å²) in [5.41, 5.74) is 6.10. The molecule has 5 rings (SSSR count). The molecule has 4 aromatic rings. The van der Waals surface area contributed by atoms with E-state index in [-0.39, 0.29) is 12.5 Å². The smallest absolute Gasteiger partial charge is 0.341 e. The summed E-state index contributed by atoms with van der Waals surface area (Å²) < 4.78 is 16.8. The van der Waals surface area contributed by atoms with Crippen molar-refractivity contribution in [1.29, 1.82) is 0 Å². The topological polar surface area (TPSA) is 115 Å². The summed E-state index contributed by atoms with van der Waals surface area (Å²) in [6, 6.07) is 21.2. The van der Waals surface area contributed by atoms with Gasteiger partial charge in [-0.25, -0.2) is 10.2 Å². The van der Waals surface area contributed by atoms with Crippen molar-refractivity contribution in [2.75, 3.05) is 11.9 Å². The minimum atomic E-state index is -0.843. The molecule has 2 amide bonds. The molecule has 0 bridgehead atoms. The Balaban J connectivity index is 1.10. The van der Waals surface area contributed by atoms with Crippen molar-refractivity contribution in [3.05, 3.63) is 111 Å². The molecule has 46 heavy (non-hydrogen) atoms. The molecule has 1 aromatic heterocycles. The van der Waals surface area contributed by atoms with E-state index in [1.807, 2.05) is 48.5 Å². The van der Waals surface area contributed by atoms with Crippen LogP contribution >= 0.6 is 22.9 Å². The molecule has 3 aromatic carbocycles. The van der Waals surface area contributed by atoms with Gasteiger partial charge in [-0.3, -0.25) is 9.59 Å². The van der Waals surface area contributed by atoms with Gasteiger partial charge in [-0.05, 0) is 117 Å². The Morgan fingerprint density at radius 1 is 0.957 bits per heavy atom. The molecule has 1 heterocycles. The van der Waals surface area contributed by atoms with E-state index in [1.165, 1.54) is 17.6 Å². The van der Waals surface area contributed by atoms with Gasteiger partial charge in [0.25, 0.3) is 11.8 Å². The number of ether oxygens (including phenoxy) is 3. The van der Waals surface area contributed by atoms with Crippen molar-refractivity contribution in [3.8, 4) is 11.5 Å². The van der Waals surface area contributed by atoms with Crippen LogP contribution < -0.4 is 20.2 Å². The fourth-order valence-electron chi connectivity index (χ4n) is 4.85. The lowest BCUT2D eigenvalue weighted by Crippen LogP contribution is -2.33.